The third-order valence-electron chi connectivity index (χ3n) is 4.08. The lowest BCUT2D eigenvalue weighted by atomic mass is 10.2. The highest BCUT2D eigenvalue weighted by Gasteiger charge is 2.13. The summed E-state index contributed by atoms with van der Waals surface area (Å²) >= 11 is 1.22. The van der Waals surface area contributed by atoms with E-state index in [0.29, 0.717) is 22.4 Å². The van der Waals surface area contributed by atoms with Gasteiger partial charge in [0.05, 0.1) is 18.4 Å². The van der Waals surface area contributed by atoms with Crippen molar-refractivity contribution < 1.29 is 24.2 Å². The summed E-state index contributed by atoms with van der Waals surface area (Å²) in [5, 5.41) is 20.5. The lowest BCUT2D eigenvalue weighted by Crippen LogP contribution is -2.15. The van der Waals surface area contributed by atoms with Crippen molar-refractivity contribution in [1.29, 1.82) is 0 Å². The van der Waals surface area contributed by atoms with Crippen LogP contribution in [-0.4, -0.2) is 44.6 Å². The monoisotopic (exact) mass is 428 g/mol. The zero-order valence-corrected chi connectivity index (χ0v) is 17.2. The lowest BCUT2D eigenvalue weighted by Gasteiger charge is -2.08. The topological polar surface area (TPSA) is 116 Å². The Hall–Kier alpha value is -3.53. The van der Waals surface area contributed by atoms with Crippen molar-refractivity contribution in [3.8, 4) is 11.5 Å². The highest BCUT2D eigenvalue weighted by atomic mass is 32.2. The smallest absolute Gasteiger partial charge is 0.335 e. The number of nitrogens with zero attached hydrogens (tertiary/aromatic N) is 3. The minimum Gasteiger partial charge on any atom is -0.497 e. The third-order valence-corrected chi connectivity index (χ3v) is 5.10. The number of hydrogen-bond donors (Lipinski definition) is 2. The molecular formula is C20H20N4O5S. The number of anilines is 1. The van der Waals surface area contributed by atoms with E-state index in [9.17, 15) is 9.59 Å². The van der Waals surface area contributed by atoms with Crippen LogP contribution in [0.1, 0.15) is 16.2 Å². The van der Waals surface area contributed by atoms with Crippen molar-refractivity contribution in [1.82, 2.24) is 14.8 Å². The van der Waals surface area contributed by atoms with Crippen LogP contribution in [0.4, 0.5) is 5.69 Å². The molecule has 2 N–H and O–H groups in total. The molecule has 0 bridgehead atoms. The quantitative estimate of drug-likeness (QED) is 0.500. The Kier molecular flexibility index (Phi) is 6.91. The average Bonchev–Trinajstić information content (AvgIpc) is 3.10. The molecule has 0 spiro atoms. The predicted molar refractivity (Wildman–Crippen MR) is 111 cm³/mol. The first kappa shape index (κ1) is 21.2. The van der Waals surface area contributed by atoms with E-state index in [2.05, 4.69) is 15.5 Å². The van der Waals surface area contributed by atoms with E-state index in [-0.39, 0.29) is 23.8 Å². The van der Waals surface area contributed by atoms with E-state index in [0.717, 1.165) is 5.75 Å². The molecule has 0 aliphatic heterocycles. The fourth-order valence-electron chi connectivity index (χ4n) is 2.47. The molecule has 10 heteroatoms. The number of carboxylic acid groups (broad SMARTS) is 1. The summed E-state index contributed by atoms with van der Waals surface area (Å²) in [5.74, 6) is 0.805. The number of nitrogens with one attached hydrogen (secondary N) is 1. The highest BCUT2D eigenvalue weighted by molar-refractivity contribution is 7.99. The summed E-state index contributed by atoms with van der Waals surface area (Å²) in [7, 11) is 3.39. The number of hydrogen-bond acceptors (Lipinski definition) is 7. The van der Waals surface area contributed by atoms with Gasteiger partial charge in [0.2, 0.25) is 5.91 Å². The van der Waals surface area contributed by atoms with Gasteiger partial charge in [0.15, 0.2) is 11.0 Å². The number of aromatic carboxylic acids is 1. The number of aromatic nitrogens is 3. The van der Waals surface area contributed by atoms with Crippen molar-refractivity contribution in [2.24, 2.45) is 7.05 Å². The lowest BCUT2D eigenvalue weighted by molar-refractivity contribution is -0.113. The molecular weight excluding hydrogens is 408 g/mol. The molecule has 156 valence electrons. The molecule has 0 saturated carbocycles. The number of methoxy groups -OCH3 is 1. The first-order valence-electron chi connectivity index (χ1n) is 8.87. The Labute approximate surface area is 177 Å². The Bertz CT molecular complexity index is 1040. The van der Waals surface area contributed by atoms with Crippen LogP contribution in [0.5, 0.6) is 11.5 Å². The maximum Gasteiger partial charge on any atom is 0.335 e. The molecule has 9 nitrogen and oxygen atoms in total. The summed E-state index contributed by atoms with van der Waals surface area (Å²) < 4.78 is 12.6. The zero-order valence-electron chi connectivity index (χ0n) is 16.4. The van der Waals surface area contributed by atoms with Crippen LogP contribution in [-0.2, 0) is 18.4 Å². The van der Waals surface area contributed by atoms with Crippen LogP contribution < -0.4 is 14.8 Å². The minimum atomic E-state index is -1.05. The molecule has 0 aliphatic carbocycles. The summed E-state index contributed by atoms with van der Waals surface area (Å²) in [6, 6.07) is 13.3. The molecule has 3 rings (SSSR count). The van der Waals surface area contributed by atoms with E-state index >= 15 is 0 Å². The van der Waals surface area contributed by atoms with E-state index in [1.165, 1.54) is 23.9 Å². The second-order valence-electron chi connectivity index (χ2n) is 6.14. The summed E-state index contributed by atoms with van der Waals surface area (Å²) in [5.41, 5.74) is 0.530. The molecule has 0 radical (unpaired) electrons. The second-order valence-corrected chi connectivity index (χ2v) is 7.09. The van der Waals surface area contributed by atoms with E-state index in [1.54, 1.807) is 55.1 Å². The van der Waals surface area contributed by atoms with Gasteiger partial charge in [-0.15, -0.1) is 10.2 Å². The molecule has 0 aliphatic rings. The predicted octanol–water partition coefficient (Wildman–Crippen LogP) is 2.83. The third kappa shape index (κ3) is 5.51. The Morgan fingerprint density at radius 1 is 1.13 bits per heavy atom. The van der Waals surface area contributed by atoms with Gasteiger partial charge in [-0.25, -0.2) is 4.79 Å². The molecule has 2 aromatic carbocycles. The van der Waals surface area contributed by atoms with Gasteiger partial charge in [0.1, 0.15) is 18.1 Å². The van der Waals surface area contributed by atoms with Crippen molar-refractivity contribution in [2.75, 3.05) is 18.2 Å². The van der Waals surface area contributed by atoms with Crippen LogP contribution in [0.3, 0.4) is 0 Å². The number of carbonyl (C=O) groups is 2. The van der Waals surface area contributed by atoms with Gasteiger partial charge in [-0.1, -0.05) is 17.8 Å². The molecule has 1 aromatic heterocycles. The molecule has 1 heterocycles. The second kappa shape index (κ2) is 9.79. The van der Waals surface area contributed by atoms with Crippen molar-refractivity contribution in [3.63, 3.8) is 0 Å². The van der Waals surface area contributed by atoms with Gasteiger partial charge in [0.25, 0.3) is 0 Å². The van der Waals surface area contributed by atoms with Crippen molar-refractivity contribution in [2.45, 2.75) is 11.8 Å². The first-order valence-corrected chi connectivity index (χ1v) is 9.86. The Morgan fingerprint density at radius 3 is 2.57 bits per heavy atom. The first-order chi connectivity index (χ1) is 14.5. The van der Waals surface area contributed by atoms with Gasteiger partial charge in [-0.3, -0.25) is 4.79 Å². The molecule has 0 atom stereocenters. The fraction of sp³-hybridized carbons (Fsp3) is 0.200. The van der Waals surface area contributed by atoms with E-state index < -0.39 is 5.97 Å². The van der Waals surface area contributed by atoms with Gasteiger partial charge in [-0.05, 0) is 42.5 Å². The number of ether oxygens (including phenoxy) is 2. The van der Waals surface area contributed by atoms with Crippen LogP contribution in [0.2, 0.25) is 0 Å². The van der Waals surface area contributed by atoms with E-state index in [1.807, 2.05) is 0 Å². The Morgan fingerprint density at radius 2 is 1.87 bits per heavy atom. The highest BCUT2D eigenvalue weighted by Crippen LogP contribution is 2.20. The average molecular weight is 428 g/mol. The normalized spacial score (nSPS) is 10.5. The number of rotatable bonds is 9. The SMILES string of the molecule is COc1ccc(OCc2nnc(SCC(=O)Nc3cccc(C(=O)O)c3)n2C)cc1. The maximum atomic E-state index is 12.2. The number of carbonyl (C=O) groups excluding carboxylic acids is 1. The van der Waals surface area contributed by atoms with Crippen LogP contribution in [0.15, 0.2) is 53.7 Å². The zero-order chi connectivity index (χ0) is 21.5. The van der Waals surface area contributed by atoms with Crippen LogP contribution >= 0.6 is 11.8 Å². The van der Waals surface area contributed by atoms with Crippen LogP contribution in [0, 0.1) is 0 Å². The molecule has 0 fully saturated rings. The Balaban J connectivity index is 1.52. The fourth-order valence-corrected chi connectivity index (χ4v) is 3.20. The van der Waals surface area contributed by atoms with Gasteiger partial charge in [-0.2, -0.15) is 0 Å². The number of carboxylic acids is 1. The van der Waals surface area contributed by atoms with E-state index in [4.69, 9.17) is 14.6 Å². The van der Waals surface area contributed by atoms with Gasteiger partial charge >= 0.3 is 5.97 Å². The molecule has 1 amide bonds. The summed E-state index contributed by atoms with van der Waals surface area (Å²) in [6.45, 7) is 0.227. The molecule has 0 saturated heterocycles. The summed E-state index contributed by atoms with van der Waals surface area (Å²) in [4.78, 5) is 23.2. The van der Waals surface area contributed by atoms with Gasteiger partial charge in [0, 0.05) is 12.7 Å². The van der Waals surface area contributed by atoms with Crippen molar-refractivity contribution >= 4 is 29.3 Å². The summed E-state index contributed by atoms with van der Waals surface area (Å²) in [6.07, 6.45) is 0. The number of thioether (sulfide) groups is 1. The minimum absolute atomic E-state index is 0.0998. The molecule has 30 heavy (non-hydrogen) atoms. The van der Waals surface area contributed by atoms with Crippen molar-refractivity contribution in [3.05, 3.63) is 59.9 Å². The largest absolute Gasteiger partial charge is 0.497 e. The van der Waals surface area contributed by atoms with Crippen LogP contribution in [0.25, 0.3) is 0 Å². The van der Waals surface area contributed by atoms with Gasteiger partial charge < -0.3 is 24.5 Å². The standard InChI is InChI=1S/C20H20N4O5S/c1-24-17(11-29-16-8-6-15(28-2)7-9-16)22-23-20(24)30-12-18(25)21-14-5-3-4-13(10-14)19(26)27/h3-10H,11-12H2,1-2H3,(H,21,25)(H,26,27). The molecule has 0 unspecified atom stereocenters. The number of benzene rings is 2. The molecule has 3 aromatic rings. The maximum absolute atomic E-state index is 12.2. The number of amides is 1.